The molecular formula is C21H17F3N2O3S. The van der Waals surface area contributed by atoms with Gasteiger partial charge in [0.15, 0.2) is 11.5 Å². The quantitative estimate of drug-likeness (QED) is 0.588. The highest BCUT2D eigenvalue weighted by molar-refractivity contribution is 7.13. The normalized spacial score (nSPS) is 14.6. The molecule has 4 rings (SSSR count). The largest absolute Gasteiger partial charge is 0.449 e. The minimum absolute atomic E-state index is 0.0388. The summed E-state index contributed by atoms with van der Waals surface area (Å²) in [5.41, 5.74) is 0.958. The van der Waals surface area contributed by atoms with Gasteiger partial charge in [0.2, 0.25) is 11.7 Å². The van der Waals surface area contributed by atoms with Crippen molar-refractivity contribution in [3.63, 3.8) is 0 Å². The molecule has 2 heterocycles. The lowest BCUT2D eigenvalue weighted by atomic mass is 10.1. The van der Waals surface area contributed by atoms with Crippen LogP contribution in [0.2, 0.25) is 0 Å². The minimum Gasteiger partial charge on any atom is -0.449 e. The number of nitrogens with one attached hydrogen (secondary N) is 1. The maximum Gasteiger partial charge on any atom is 0.416 e. The summed E-state index contributed by atoms with van der Waals surface area (Å²) in [7, 11) is 0. The molecule has 1 aliphatic heterocycles. The number of anilines is 1. The summed E-state index contributed by atoms with van der Waals surface area (Å²) in [6.45, 7) is 3.59. The van der Waals surface area contributed by atoms with E-state index in [1.54, 1.807) is 37.4 Å². The number of alkyl halides is 3. The molecule has 30 heavy (non-hydrogen) atoms. The molecule has 2 aromatic carbocycles. The number of nitrogens with zero attached hydrogens (tertiary/aromatic N) is 1. The fraction of sp³-hybridized carbons (Fsp3) is 0.238. The molecule has 5 nitrogen and oxygen atoms in total. The van der Waals surface area contributed by atoms with Gasteiger partial charge in [-0.05, 0) is 24.3 Å². The first-order chi connectivity index (χ1) is 14.1. The summed E-state index contributed by atoms with van der Waals surface area (Å²) in [5, 5.41) is 5.06. The molecule has 156 valence electrons. The van der Waals surface area contributed by atoms with Gasteiger partial charge in [0.1, 0.15) is 5.01 Å². The molecule has 1 aromatic heterocycles. The molecule has 1 aliphatic rings. The summed E-state index contributed by atoms with van der Waals surface area (Å²) in [6, 6.07) is 9.92. The zero-order valence-corrected chi connectivity index (χ0v) is 16.9. The number of thiazole rings is 1. The van der Waals surface area contributed by atoms with E-state index in [-0.39, 0.29) is 12.3 Å². The molecule has 0 aliphatic carbocycles. The van der Waals surface area contributed by atoms with Crippen LogP contribution in [-0.2, 0) is 17.4 Å². The average molecular weight is 434 g/mol. The maximum absolute atomic E-state index is 12.7. The van der Waals surface area contributed by atoms with Gasteiger partial charge in [-0.25, -0.2) is 4.98 Å². The minimum atomic E-state index is -4.38. The Labute approximate surface area is 174 Å². The van der Waals surface area contributed by atoms with E-state index in [1.165, 1.54) is 23.5 Å². The Morgan fingerprint density at radius 3 is 2.50 bits per heavy atom. The van der Waals surface area contributed by atoms with Crippen molar-refractivity contribution in [2.24, 2.45) is 0 Å². The molecule has 0 bridgehead atoms. The predicted octanol–water partition coefficient (Wildman–Crippen LogP) is 5.52. The highest BCUT2D eigenvalue weighted by Gasteiger charge is 2.32. The van der Waals surface area contributed by atoms with Crippen molar-refractivity contribution in [3.8, 4) is 22.1 Å². The summed E-state index contributed by atoms with van der Waals surface area (Å²) >= 11 is 1.27. The van der Waals surface area contributed by atoms with E-state index >= 15 is 0 Å². The Morgan fingerprint density at radius 1 is 1.10 bits per heavy atom. The second-order valence-electron chi connectivity index (χ2n) is 7.21. The Morgan fingerprint density at radius 2 is 1.80 bits per heavy atom. The van der Waals surface area contributed by atoms with Crippen LogP contribution < -0.4 is 14.8 Å². The van der Waals surface area contributed by atoms with Crippen LogP contribution in [0.3, 0.4) is 0 Å². The van der Waals surface area contributed by atoms with Gasteiger partial charge in [0.25, 0.3) is 0 Å². The number of ether oxygens (including phenoxy) is 2. The SMILES string of the molecule is CC1(C)Oc2ccc(NC(=O)Cc3csc(-c4ccc(C(F)(F)F)cc4)n3)cc2O1. The highest BCUT2D eigenvalue weighted by Crippen LogP contribution is 2.40. The van der Waals surface area contributed by atoms with Crippen molar-refractivity contribution in [3.05, 3.63) is 59.1 Å². The maximum atomic E-state index is 12.7. The summed E-state index contributed by atoms with van der Waals surface area (Å²) in [6.07, 6.45) is -4.34. The Kier molecular flexibility index (Phi) is 4.93. The van der Waals surface area contributed by atoms with Crippen LogP contribution in [0.5, 0.6) is 11.5 Å². The van der Waals surface area contributed by atoms with Gasteiger partial charge in [0, 0.05) is 36.5 Å². The lowest BCUT2D eigenvalue weighted by molar-refractivity contribution is -0.137. The zero-order chi connectivity index (χ0) is 21.5. The van der Waals surface area contributed by atoms with E-state index in [9.17, 15) is 18.0 Å². The van der Waals surface area contributed by atoms with Crippen LogP contribution in [0.15, 0.2) is 47.8 Å². The van der Waals surface area contributed by atoms with Crippen molar-refractivity contribution in [2.75, 3.05) is 5.32 Å². The zero-order valence-electron chi connectivity index (χ0n) is 16.0. The lowest BCUT2D eigenvalue weighted by Crippen LogP contribution is -2.29. The molecule has 1 amide bonds. The topological polar surface area (TPSA) is 60.5 Å². The third-order valence-electron chi connectivity index (χ3n) is 4.29. The summed E-state index contributed by atoms with van der Waals surface area (Å²) in [4.78, 5) is 16.7. The van der Waals surface area contributed by atoms with Crippen molar-refractivity contribution in [1.29, 1.82) is 0 Å². The standard InChI is InChI=1S/C21H17F3N2O3S/c1-20(2)28-16-8-7-14(9-17(16)29-20)25-18(27)10-15-11-30-19(26-15)12-3-5-13(6-4-12)21(22,23)24/h3-9,11H,10H2,1-2H3,(H,25,27). The number of aromatic nitrogens is 1. The first-order valence-corrected chi connectivity index (χ1v) is 9.91. The van der Waals surface area contributed by atoms with Gasteiger partial charge in [-0.1, -0.05) is 12.1 Å². The molecule has 1 N–H and O–H groups in total. The number of rotatable bonds is 4. The third kappa shape index (κ3) is 4.40. The van der Waals surface area contributed by atoms with E-state index in [4.69, 9.17) is 9.47 Å². The first-order valence-electron chi connectivity index (χ1n) is 9.03. The molecule has 9 heteroatoms. The second-order valence-corrected chi connectivity index (χ2v) is 8.07. The van der Waals surface area contributed by atoms with Crippen LogP contribution in [0.1, 0.15) is 25.1 Å². The monoisotopic (exact) mass is 434 g/mol. The molecule has 0 spiro atoms. The van der Waals surface area contributed by atoms with Gasteiger partial charge in [-0.3, -0.25) is 4.79 Å². The van der Waals surface area contributed by atoms with Gasteiger partial charge in [-0.2, -0.15) is 13.2 Å². The van der Waals surface area contributed by atoms with Crippen molar-refractivity contribution in [2.45, 2.75) is 32.2 Å². The van der Waals surface area contributed by atoms with Crippen LogP contribution in [-0.4, -0.2) is 16.7 Å². The smallest absolute Gasteiger partial charge is 0.416 e. The number of halogens is 3. The van der Waals surface area contributed by atoms with Gasteiger partial charge in [0.05, 0.1) is 17.7 Å². The van der Waals surface area contributed by atoms with E-state index < -0.39 is 17.5 Å². The van der Waals surface area contributed by atoms with E-state index in [1.807, 2.05) is 0 Å². The Hall–Kier alpha value is -3.07. The molecule has 0 saturated heterocycles. The number of carbonyl (C=O) groups is 1. The van der Waals surface area contributed by atoms with Gasteiger partial charge < -0.3 is 14.8 Å². The highest BCUT2D eigenvalue weighted by atomic mass is 32.1. The second kappa shape index (κ2) is 7.32. The number of carbonyl (C=O) groups excluding carboxylic acids is 1. The van der Waals surface area contributed by atoms with Crippen molar-refractivity contribution >= 4 is 22.9 Å². The molecule has 0 radical (unpaired) electrons. The summed E-state index contributed by atoms with van der Waals surface area (Å²) < 4.78 is 49.3. The Bertz CT molecular complexity index is 1090. The van der Waals surface area contributed by atoms with Crippen molar-refractivity contribution in [1.82, 2.24) is 4.98 Å². The number of hydrogen-bond acceptors (Lipinski definition) is 5. The Balaban J connectivity index is 1.40. The predicted molar refractivity (Wildman–Crippen MR) is 107 cm³/mol. The summed E-state index contributed by atoms with van der Waals surface area (Å²) in [5.74, 6) is 0.146. The molecule has 3 aromatic rings. The van der Waals surface area contributed by atoms with Crippen molar-refractivity contribution < 1.29 is 27.4 Å². The number of benzene rings is 2. The molecule has 0 atom stereocenters. The van der Waals surface area contributed by atoms with E-state index in [0.717, 1.165) is 12.1 Å². The lowest BCUT2D eigenvalue weighted by Gasteiger charge is -2.16. The molecule has 0 fully saturated rings. The molecule has 0 unspecified atom stereocenters. The number of hydrogen-bond donors (Lipinski definition) is 1. The van der Waals surface area contributed by atoms with Gasteiger partial charge >= 0.3 is 6.18 Å². The third-order valence-corrected chi connectivity index (χ3v) is 5.23. The first kappa shape index (κ1) is 20.2. The molecular weight excluding hydrogens is 417 g/mol. The van der Waals surface area contributed by atoms with Crippen LogP contribution in [0.25, 0.3) is 10.6 Å². The molecule has 0 saturated carbocycles. The average Bonchev–Trinajstić information content (AvgIpc) is 3.23. The fourth-order valence-electron chi connectivity index (χ4n) is 2.99. The van der Waals surface area contributed by atoms with Crippen LogP contribution in [0.4, 0.5) is 18.9 Å². The number of fused-ring (bicyclic) bond motifs is 1. The van der Waals surface area contributed by atoms with Crippen LogP contribution >= 0.6 is 11.3 Å². The number of amides is 1. The van der Waals surface area contributed by atoms with Gasteiger partial charge in [-0.15, -0.1) is 11.3 Å². The fourth-order valence-corrected chi connectivity index (χ4v) is 3.82. The van der Waals surface area contributed by atoms with E-state index in [0.29, 0.717) is 33.5 Å². The van der Waals surface area contributed by atoms with Crippen LogP contribution in [0, 0.1) is 0 Å². The van der Waals surface area contributed by atoms with E-state index in [2.05, 4.69) is 10.3 Å².